The first-order valence-corrected chi connectivity index (χ1v) is 15.9. The Hall–Kier alpha value is -4.66. The average molecular weight is 655 g/mol. The Kier molecular flexibility index (Phi) is 11.1. The number of urea groups is 1. The first-order chi connectivity index (χ1) is 22.1. The number of aromatic nitrogens is 2. The standard InChI is InChI=1S/C32H46N8O7/c1-31(2,3)47-30(46)37-32(4,5)26(41)38-15-17-39(18-16-38)27(42)35-25-13-14-40(28(43)36-25)24-11-9-21(10-12-24)20-33-22-7-6-8-23(19-22)34-29(44)45/h9-14,22-23,33-34H,6-8,15-20H2,1-5H3,(H,37,46)(H,44,45)(H,35,36,42,43). The van der Waals surface area contributed by atoms with Gasteiger partial charge in [0, 0.05) is 51.0 Å². The van der Waals surface area contributed by atoms with Gasteiger partial charge in [-0.25, -0.2) is 19.2 Å². The summed E-state index contributed by atoms with van der Waals surface area (Å²) < 4.78 is 6.65. The number of carbonyl (C=O) groups excluding carboxylic acids is 3. The summed E-state index contributed by atoms with van der Waals surface area (Å²) in [6, 6.07) is 8.76. The summed E-state index contributed by atoms with van der Waals surface area (Å²) in [6.45, 7) is 10.1. The molecule has 1 aromatic carbocycles. The third-order valence-corrected chi connectivity index (χ3v) is 8.05. The number of amides is 5. The SMILES string of the molecule is CC(C)(C)OC(=O)NC(C)(C)C(=O)N1CCN(C(=O)Nc2ccn(-c3ccc(CNC4CCCC(NC(=O)O)C4)cc3)c(=O)n2)CC1. The molecular weight excluding hydrogens is 608 g/mol. The highest BCUT2D eigenvalue weighted by molar-refractivity contribution is 5.90. The minimum atomic E-state index is -1.20. The van der Waals surface area contributed by atoms with E-state index in [0.717, 1.165) is 31.2 Å². The number of alkyl carbamates (subject to hydrolysis) is 1. The number of carbonyl (C=O) groups is 4. The first kappa shape index (κ1) is 35.2. The maximum absolute atomic E-state index is 13.1. The number of hydrogen-bond acceptors (Lipinski definition) is 8. The zero-order valence-electron chi connectivity index (χ0n) is 27.7. The Labute approximate surface area is 274 Å². The van der Waals surface area contributed by atoms with Crippen LogP contribution in [0.2, 0.25) is 0 Å². The van der Waals surface area contributed by atoms with Gasteiger partial charge in [-0.1, -0.05) is 12.1 Å². The monoisotopic (exact) mass is 654 g/mol. The van der Waals surface area contributed by atoms with Crippen LogP contribution in [-0.4, -0.2) is 98.0 Å². The van der Waals surface area contributed by atoms with Gasteiger partial charge in [0.1, 0.15) is 17.0 Å². The molecule has 5 amide bonds. The molecule has 0 bridgehead atoms. The lowest BCUT2D eigenvalue weighted by Gasteiger charge is -2.38. The van der Waals surface area contributed by atoms with E-state index in [0.29, 0.717) is 12.2 Å². The van der Waals surface area contributed by atoms with Gasteiger partial charge in [-0.15, -0.1) is 0 Å². The largest absolute Gasteiger partial charge is 0.465 e. The number of benzene rings is 1. The Morgan fingerprint density at radius 1 is 0.936 bits per heavy atom. The summed E-state index contributed by atoms with van der Waals surface area (Å²) in [5.41, 5.74) is -0.797. The predicted molar refractivity (Wildman–Crippen MR) is 174 cm³/mol. The molecule has 4 rings (SSSR count). The highest BCUT2D eigenvalue weighted by atomic mass is 16.6. The minimum Gasteiger partial charge on any atom is -0.465 e. The summed E-state index contributed by atoms with van der Waals surface area (Å²) in [5, 5.41) is 20.3. The molecule has 1 saturated carbocycles. The highest BCUT2D eigenvalue weighted by Crippen LogP contribution is 2.20. The molecule has 0 spiro atoms. The van der Waals surface area contributed by atoms with Gasteiger partial charge in [-0.05, 0) is 84.1 Å². The Balaban J connectivity index is 1.25. The van der Waals surface area contributed by atoms with Gasteiger partial charge in [-0.2, -0.15) is 4.98 Å². The third-order valence-electron chi connectivity index (χ3n) is 8.05. The van der Waals surface area contributed by atoms with Crippen molar-refractivity contribution in [1.82, 2.24) is 35.3 Å². The molecule has 2 aromatic rings. The van der Waals surface area contributed by atoms with Gasteiger partial charge in [0.2, 0.25) is 5.91 Å². The lowest BCUT2D eigenvalue weighted by molar-refractivity contribution is -0.138. The zero-order chi connectivity index (χ0) is 34.4. The molecule has 47 heavy (non-hydrogen) atoms. The second-order valence-electron chi connectivity index (χ2n) is 13.5. The van der Waals surface area contributed by atoms with Crippen molar-refractivity contribution in [1.29, 1.82) is 0 Å². The van der Waals surface area contributed by atoms with Crippen molar-refractivity contribution in [2.45, 2.75) is 90.1 Å². The molecule has 1 aromatic heterocycles. The smallest absolute Gasteiger partial charge is 0.408 e. The average Bonchev–Trinajstić information content (AvgIpc) is 2.99. The molecule has 15 nitrogen and oxygen atoms in total. The fourth-order valence-electron chi connectivity index (χ4n) is 5.70. The fourth-order valence-corrected chi connectivity index (χ4v) is 5.70. The van der Waals surface area contributed by atoms with E-state index in [1.807, 2.05) is 24.3 Å². The van der Waals surface area contributed by atoms with Crippen LogP contribution >= 0.6 is 0 Å². The molecule has 5 N–H and O–H groups in total. The predicted octanol–water partition coefficient (Wildman–Crippen LogP) is 2.88. The quantitative estimate of drug-likeness (QED) is 0.285. The van der Waals surface area contributed by atoms with Gasteiger partial charge in [0.05, 0.1) is 5.69 Å². The van der Waals surface area contributed by atoms with E-state index < -0.39 is 35.0 Å². The molecule has 2 fully saturated rings. The molecule has 1 saturated heterocycles. The van der Waals surface area contributed by atoms with Gasteiger partial charge in [0.15, 0.2) is 0 Å². The lowest BCUT2D eigenvalue weighted by Crippen LogP contribution is -2.60. The minimum absolute atomic E-state index is 0.0388. The number of ether oxygens (including phenoxy) is 1. The van der Waals surface area contributed by atoms with Gasteiger partial charge in [-0.3, -0.25) is 14.7 Å². The van der Waals surface area contributed by atoms with Crippen LogP contribution in [0.25, 0.3) is 5.69 Å². The second kappa shape index (κ2) is 14.8. The molecule has 2 aliphatic rings. The molecule has 1 aliphatic carbocycles. The van der Waals surface area contributed by atoms with Crippen molar-refractivity contribution in [3.63, 3.8) is 0 Å². The number of nitrogens with zero attached hydrogens (tertiary/aromatic N) is 4. The van der Waals surface area contributed by atoms with Crippen LogP contribution in [0.3, 0.4) is 0 Å². The van der Waals surface area contributed by atoms with Crippen molar-refractivity contribution in [3.05, 3.63) is 52.6 Å². The summed E-state index contributed by atoms with van der Waals surface area (Å²) in [7, 11) is 0. The molecule has 2 heterocycles. The molecular formula is C32H46N8O7. The first-order valence-electron chi connectivity index (χ1n) is 15.9. The van der Waals surface area contributed by atoms with E-state index in [4.69, 9.17) is 9.84 Å². The molecule has 256 valence electrons. The van der Waals surface area contributed by atoms with Crippen molar-refractivity contribution < 1.29 is 29.0 Å². The summed E-state index contributed by atoms with van der Waals surface area (Å²) in [6.07, 6.45) is 3.41. The highest BCUT2D eigenvalue weighted by Gasteiger charge is 2.37. The Morgan fingerprint density at radius 3 is 2.19 bits per heavy atom. The third kappa shape index (κ3) is 10.2. The van der Waals surface area contributed by atoms with Gasteiger partial charge in [0.25, 0.3) is 0 Å². The van der Waals surface area contributed by atoms with E-state index in [2.05, 4.69) is 26.3 Å². The maximum Gasteiger partial charge on any atom is 0.408 e. The van der Waals surface area contributed by atoms with Crippen LogP contribution in [0, 0.1) is 0 Å². The molecule has 15 heteroatoms. The van der Waals surface area contributed by atoms with Crippen LogP contribution in [-0.2, 0) is 16.1 Å². The Bertz CT molecular complexity index is 1490. The van der Waals surface area contributed by atoms with Crippen LogP contribution in [0.5, 0.6) is 0 Å². The summed E-state index contributed by atoms with van der Waals surface area (Å²) >= 11 is 0. The van der Waals surface area contributed by atoms with Gasteiger partial charge >= 0.3 is 23.9 Å². The van der Waals surface area contributed by atoms with Crippen LogP contribution in [0.4, 0.5) is 20.2 Å². The van der Waals surface area contributed by atoms with E-state index in [1.165, 1.54) is 9.47 Å². The molecule has 0 radical (unpaired) electrons. The summed E-state index contributed by atoms with van der Waals surface area (Å²) in [5.74, 6) is -0.174. The normalized spacial score (nSPS) is 18.7. The van der Waals surface area contributed by atoms with E-state index in [-0.39, 0.29) is 50.0 Å². The summed E-state index contributed by atoms with van der Waals surface area (Å²) in [4.78, 5) is 69.2. The van der Waals surface area contributed by atoms with Crippen molar-refractivity contribution in [2.24, 2.45) is 0 Å². The topological polar surface area (TPSA) is 187 Å². The van der Waals surface area contributed by atoms with Crippen LogP contribution in [0.15, 0.2) is 41.3 Å². The van der Waals surface area contributed by atoms with E-state index >= 15 is 0 Å². The number of hydrogen-bond donors (Lipinski definition) is 5. The molecule has 2 atom stereocenters. The number of rotatable bonds is 8. The second-order valence-corrected chi connectivity index (χ2v) is 13.5. The van der Waals surface area contributed by atoms with Gasteiger partial charge < -0.3 is 35.6 Å². The molecule has 2 unspecified atom stereocenters. The van der Waals surface area contributed by atoms with E-state index in [9.17, 15) is 24.0 Å². The number of anilines is 1. The Morgan fingerprint density at radius 2 is 1.57 bits per heavy atom. The van der Waals surface area contributed by atoms with Crippen LogP contribution < -0.4 is 27.0 Å². The van der Waals surface area contributed by atoms with Crippen molar-refractivity contribution in [3.8, 4) is 5.69 Å². The fraction of sp³-hybridized carbons (Fsp3) is 0.562. The number of nitrogens with one attached hydrogen (secondary N) is 4. The zero-order valence-corrected chi connectivity index (χ0v) is 27.7. The molecule has 1 aliphatic heterocycles. The van der Waals surface area contributed by atoms with E-state index in [1.54, 1.807) is 51.8 Å². The lowest BCUT2D eigenvalue weighted by atomic mass is 9.91. The van der Waals surface area contributed by atoms with Crippen molar-refractivity contribution in [2.75, 3.05) is 31.5 Å². The van der Waals surface area contributed by atoms with Crippen molar-refractivity contribution >= 4 is 29.9 Å². The number of piperazine rings is 1. The number of carboxylic acid groups (broad SMARTS) is 1. The maximum atomic E-state index is 13.1. The van der Waals surface area contributed by atoms with Crippen LogP contribution in [0.1, 0.15) is 65.9 Å².